The van der Waals surface area contributed by atoms with Crippen LogP contribution in [0, 0.1) is 5.82 Å². The van der Waals surface area contributed by atoms with Gasteiger partial charge in [0.1, 0.15) is 24.1 Å². The van der Waals surface area contributed by atoms with Gasteiger partial charge >= 0.3 is 0 Å². The second kappa shape index (κ2) is 16.5. The smallest absolute Gasteiger partial charge is 0.169 e. The third-order valence-electron chi connectivity index (χ3n) is 7.29. The Hall–Kier alpha value is -0.740. The molecule has 0 aliphatic carbocycles. The SMILES string of the molecule is CCCCOC[C@H]1S[C@]2(OCc3cc(F)c(CO)cc32)[C@H](OCCCC)[C@@H](OCCCC)[C@@H]1OCCCC. The highest BCUT2D eigenvalue weighted by atomic mass is 32.2. The number of unbranched alkanes of at least 4 members (excludes halogenated alkanes) is 4. The first-order valence-electron chi connectivity index (χ1n) is 14.7. The van der Waals surface area contributed by atoms with Crippen LogP contribution in [0.15, 0.2) is 12.1 Å². The van der Waals surface area contributed by atoms with E-state index < -0.39 is 16.9 Å². The van der Waals surface area contributed by atoms with E-state index in [1.165, 1.54) is 6.07 Å². The van der Waals surface area contributed by atoms with Crippen molar-refractivity contribution in [2.45, 2.75) is 121 Å². The standard InChI is InChI=1S/C30H49FO6S/c1-5-9-13-33-21-26-27(34-14-10-6-2)28(35-15-11-7-3)29(36-16-12-8-4)30(38-26)24-17-22(19-32)25(31)18-23(24)20-37-30/h17-18,26-29,32H,5-16,19-21H2,1-4H3/t26-,27-,28+,29-,30+/m1/s1. The molecule has 1 saturated heterocycles. The molecule has 0 bridgehead atoms. The minimum absolute atomic E-state index is 0.0602. The molecule has 3 rings (SSSR count). The van der Waals surface area contributed by atoms with Gasteiger partial charge < -0.3 is 28.8 Å². The Labute approximate surface area is 233 Å². The molecule has 1 fully saturated rings. The van der Waals surface area contributed by atoms with Crippen molar-refractivity contribution in [3.8, 4) is 0 Å². The van der Waals surface area contributed by atoms with Crippen LogP contribution < -0.4 is 0 Å². The zero-order valence-electron chi connectivity index (χ0n) is 23.8. The second-order valence-electron chi connectivity index (χ2n) is 10.3. The van der Waals surface area contributed by atoms with Gasteiger partial charge in [0.15, 0.2) is 4.93 Å². The predicted octanol–water partition coefficient (Wildman–Crippen LogP) is 6.49. The third-order valence-corrected chi connectivity index (χ3v) is 8.91. The number of thioether (sulfide) groups is 1. The number of hydrogen-bond acceptors (Lipinski definition) is 7. The molecule has 0 unspecified atom stereocenters. The van der Waals surface area contributed by atoms with Crippen LogP contribution in [0.2, 0.25) is 0 Å². The average Bonchev–Trinajstić information content (AvgIpc) is 3.26. The summed E-state index contributed by atoms with van der Waals surface area (Å²) in [5.74, 6) is -0.410. The molecule has 0 radical (unpaired) electrons. The van der Waals surface area contributed by atoms with E-state index in [0.717, 1.165) is 62.5 Å². The fourth-order valence-corrected chi connectivity index (χ4v) is 6.79. The fraction of sp³-hybridized carbons (Fsp3) is 0.800. The Bertz CT molecular complexity index is 826. The first-order chi connectivity index (χ1) is 18.6. The van der Waals surface area contributed by atoms with Crippen LogP contribution in [-0.2, 0) is 41.8 Å². The zero-order valence-corrected chi connectivity index (χ0v) is 24.7. The molecule has 5 atom stereocenters. The number of ether oxygens (including phenoxy) is 5. The van der Waals surface area contributed by atoms with E-state index in [2.05, 4.69) is 27.7 Å². The first-order valence-corrected chi connectivity index (χ1v) is 15.6. The molecule has 1 spiro atoms. The van der Waals surface area contributed by atoms with Crippen molar-refractivity contribution in [3.05, 3.63) is 34.6 Å². The average molecular weight is 557 g/mol. The van der Waals surface area contributed by atoms with Gasteiger partial charge in [-0.2, -0.15) is 0 Å². The maximum absolute atomic E-state index is 14.7. The van der Waals surface area contributed by atoms with Gasteiger partial charge in [-0.05, 0) is 43.4 Å². The van der Waals surface area contributed by atoms with Gasteiger partial charge in [0.05, 0.1) is 25.1 Å². The highest BCUT2D eigenvalue weighted by Crippen LogP contribution is 2.56. The van der Waals surface area contributed by atoms with Crippen molar-refractivity contribution in [2.24, 2.45) is 0 Å². The summed E-state index contributed by atoms with van der Waals surface area (Å²) in [6.07, 6.45) is 6.93. The number of fused-ring (bicyclic) bond motifs is 2. The summed E-state index contributed by atoms with van der Waals surface area (Å²) in [5.41, 5.74) is 1.92. The van der Waals surface area contributed by atoms with Crippen LogP contribution in [0.25, 0.3) is 0 Å². The number of benzene rings is 1. The largest absolute Gasteiger partial charge is 0.392 e. The number of hydrogen-bond donors (Lipinski definition) is 1. The van der Waals surface area contributed by atoms with Gasteiger partial charge in [-0.15, -0.1) is 11.8 Å². The summed E-state index contributed by atoms with van der Waals surface area (Å²) >= 11 is 1.66. The molecular formula is C30H49FO6S. The Morgan fingerprint density at radius 1 is 0.895 bits per heavy atom. The number of aliphatic hydroxyl groups excluding tert-OH is 1. The van der Waals surface area contributed by atoms with E-state index in [1.54, 1.807) is 17.8 Å². The topological polar surface area (TPSA) is 66.4 Å². The fourth-order valence-electron chi connectivity index (χ4n) is 5.02. The lowest BCUT2D eigenvalue weighted by Gasteiger charge is -2.51. The summed E-state index contributed by atoms with van der Waals surface area (Å²) in [7, 11) is 0. The maximum atomic E-state index is 14.7. The molecule has 0 aromatic heterocycles. The molecule has 1 N–H and O–H groups in total. The molecule has 2 heterocycles. The van der Waals surface area contributed by atoms with Crippen molar-refractivity contribution in [1.82, 2.24) is 0 Å². The molecule has 6 nitrogen and oxygen atoms in total. The van der Waals surface area contributed by atoms with Crippen molar-refractivity contribution < 1.29 is 33.2 Å². The summed E-state index contributed by atoms with van der Waals surface area (Å²) in [4.78, 5) is -0.902. The van der Waals surface area contributed by atoms with Gasteiger partial charge in [-0.1, -0.05) is 53.4 Å². The van der Waals surface area contributed by atoms with Gasteiger partial charge in [-0.3, -0.25) is 0 Å². The van der Waals surface area contributed by atoms with E-state index in [1.807, 2.05) is 0 Å². The molecule has 38 heavy (non-hydrogen) atoms. The molecule has 0 saturated carbocycles. The van der Waals surface area contributed by atoms with Gasteiger partial charge in [0.25, 0.3) is 0 Å². The summed E-state index contributed by atoms with van der Waals surface area (Å²) in [6, 6.07) is 3.26. The molecular weight excluding hydrogens is 507 g/mol. The Morgan fingerprint density at radius 2 is 1.50 bits per heavy atom. The van der Waals surface area contributed by atoms with E-state index in [0.29, 0.717) is 33.0 Å². The van der Waals surface area contributed by atoms with Gasteiger partial charge in [0, 0.05) is 37.6 Å². The van der Waals surface area contributed by atoms with Crippen LogP contribution in [0.1, 0.15) is 95.8 Å². The highest BCUT2D eigenvalue weighted by molar-refractivity contribution is 8.00. The summed E-state index contributed by atoms with van der Waals surface area (Å²) < 4.78 is 47.3. The normalized spacial score (nSPS) is 26.8. The monoisotopic (exact) mass is 556 g/mol. The van der Waals surface area contributed by atoms with E-state index >= 15 is 0 Å². The van der Waals surface area contributed by atoms with Crippen LogP contribution in [-0.4, -0.2) is 61.7 Å². The molecule has 2 aliphatic heterocycles. The Kier molecular flexibility index (Phi) is 13.8. The van der Waals surface area contributed by atoms with E-state index in [4.69, 9.17) is 23.7 Å². The molecule has 218 valence electrons. The summed E-state index contributed by atoms with van der Waals surface area (Å²) in [5, 5.41) is 9.81. The third kappa shape index (κ3) is 7.71. The van der Waals surface area contributed by atoms with Crippen LogP contribution in [0.4, 0.5) is 4.39 Å². The van der Waals surface area contributed by atoms with E-state index in [-0.39, 0.29) is 36.2 Å². The van der Waals surface area contributed by atoms with Crippen LogP contribution >= 0.6 is 11.8 Å². The maximum Gasteiger partial charge on any atom is 0.169 e. The first kappa shape index (κ1) is 31.8. The number of aliphatic hydroxyl groups is 1. The zero-order chi connectivity index (χ0) is 27.4. The molecule has 1 aromatic carbocycles. The highest BCUT2D eigenvalue weighted by Gasteiger charge is 2.60. The second-order valence-corrected chi connectivity index (χ2v) is 11.8. The van der Waals surface area contributed by atoms with Crippen LogP contribution in [0.3, 0.4) is 0 Å². The van der Waals surface area contributed by atoms with Crippen molar-refractivity contribution >= 4 is 11.8 Å². The van der Waals surface area contributed by atoms with Crippen molar-refractivity contribution in [3.63, 3.8) is 0 Å². The van der Waals surface area contributed by atoms with Crippen LogP contribution in [0.5, 0.6) is 0 Å². The minimum atomic E-state index is -0.902. The number of halogens is 1. The molecule has 8 heteroatoms. The van der Waals surface area contributed by atoms with Crippen molar-refractivity contribution in [2.75, 3.05) is 33.0 Å². The predicted molar refractivity (Wildman–Crippen MR) is 150 cm³/mol. The lowest BCUT2D eigenvalue weighted by molar-refractivity contribution is -0.199. The molecule has 2 aliphatic rings. The number of rotatable bonds is 18. The van der Waals surface area contributed by atoms with Crippen molar-refractivity contribution in [1.29, 1.82) is 0 Å². The van der Waals surface area contributed by atoms with Gasteiger partial charge in [0.2, 0.25) is 0 Å². The lowest BCUT2D eigenvalue weighted by atomic mass is 9.91. The Balaban J connectivity index is 2.05. The molecule has 0 amide bonds. The van der Waals surface area contributed by atoms with E-state index in [9.17, 15) is 9.50 Å². The van der Waals surface area contributed by atoms with Gasteiger partial charge in [-0.25, -0.2) is 4.39 Å². The Morgan fingerprint density at radius 3 is 2.13 bits per heavy atom. The summed E-state index contributed by atoms with van der Waals surface area (Å²) in [6.45, 7) is 11.5. The quantitative estimate of drug-likeness (QED) is 0.207. The minimum Gasteiger partial charge on any atom is -0.392 e. The lowest BCUT2D eigenvalue weighted by Crippen LogP contribution is -2.61. The molecule has 1 aromatic rings.